The zero-order chi connectivity index (χ0) is 20.8. The molecule has 150 valence electrons. The molecule has 0 aliphatic rings. The maximum absolute atomic E-state index is 12.4. The molecule has 0 aliphatic heterocycles. The Hall–Kier alpha value is -3.61. The number of H-pyrrole nitrogens is 1. The summed E-state index contributed by atoms with van der Waals surface area (Å²) in [6.45, 7) is 1.61. The number of hydrogen-bond acceptors (Lipinski definition) is 4. The van der Waals surface area contributed by atoms with E-state index in [1.165, 1.54) is 6.07 Å². The smallest absolute Gasteiger partial charge is 0.306 e. The lowest BCUT2D eigenvalue weighted by molar-refractivity contribution is -0.141. The number of benzene rings is 2. The highest BCUT2D eigenvalue weighted by molar-refractivity contribution is 5.92. The average Bonchev–Trinajstić information content (AvgIpc) is 3.15. The third kappa shape index (κ3) is 5.44. The normalized spacial score (nSPS) is 12.9. The molecule has 1 aromatic heterocycles. The van der Waals surface area contributed by atoms with Crippen molar-refractivity contribution in [1.82, 2.24) is 15.5 Å². The second-order valence-corrected chi connectivity index (χ2v) is 7.05. The number of amides is 1. The van der Waals surface area contributed by atoms with Gasteiger partial charge in [0.15, 0.2) is 0 Å². The highest BCUT2D eigenvalue weighted by Crippen LogP contribution is 2.21. The number of aromatic nitrogens is 2. The molecular weight excluding hydrogens is 370 g/mol. The molecule has 0 fully saturated rings. The molecule has 1 heterocycles. The van der Waals surface area contributed by atoms with Crippen LogP contribution in [0, 0.1) is 5.92 Å². The van der Waals surface area contributed by atoms with E-state index in [0.29, 0.717) is 6.42 Å². The van der Waals surface area contributed by atoms with Gasteiger partial charge in [-0.05, 0) is 29.5 Å². The molecule has 0 saturated heterocycles. The van der Waals surface area contributed by atoms with Crippen LogP contribution in [0.1, 0.15) is 29.4 Å². The fourth-order valence-corrected chi connectivity index (χ4v) is 3.16. The largest absolute Gasteiger partial charge is 0.492 e. The van der Waals surface area contributed by atoms with Crippen molar-refractivity contribution in [3.05, 3.63) is 71.9 Å². The minimum atomic E-state index is -0.914. The third-order valence-corrected chi connectivity index (χ3v) is 4.75. The van der Waals surface area contributed by atoms with Crippen LogP contribution in [0.2, 0.25) is 0 Å². The number of aliphatic carboxylic acids is 1. The number of aromatic amines is 1. The minimum Gasteiger partial charge on any atom is -0.492 e. The lowest BCUT2D eigenvalue weighted by atomic mass is 9.95. The lowest BCUT2D eigenvalue weighted by Crippen LogP contribution is -2.38. The molecule has 2 atom stereocenters. The number of rotatable bonds is 8. The molecule has 7 heteroatoms. The van der Waals surface area contributed by atoms with Crippen molar-refractivity contribution in [1.29, 1.82) is 0 Å². The van der Waals surface area contributed by atoms with Gasteiger partial charge in [-0.1, -0.05) is 61.5 Å². The van der Waals surface area contributed by atoms with Crippen molar-refractivity contribution in [2.75, 3.05) is 0 Å². The molecule has 2 aromatic carbocycles. The second-order valence-electron chi connectivity index (χ2n) is 7.05. The van der Waals surface area contributed by atoms with Gasteiger partial charge in [0.1, 0.15) is 5.69 Å². The summed E-state index contributed by atoms with van der Waals surface area (Å²) in [6.07, 6.45) is 0.764. The molecule has 3 rings (SSSR count). The summed E-state index contributed by atoms with van der Waals surface area (Å²) in [7, 11) is 0. The van der Waals surface area contributed by atoms with Crippen molar-refractivity contribution >= 4 is 11.9 Å². The van der Waals surface area contributed by atoms with E-state index in [4.69, 9.17) is 0 Å². The molecule has 0 aliphatic carbocycles. The molecular formula is C22H23N3O4. The SMILES string of the molecule is C[C@H](C[C@@H](Cc1ccc(-c2ccccc2)cc1)NC(=O)c1cc(O)n[nH]1)C(=O)O. The summed E-state index contributed by atoms with van der Waals surface area (Å²) < 4.78 is 0. The molecule has 0 unspecified atom stereocenters. The Morgan fingerprint density at radius 2 is 1.72 bits per heavy atom. The highest BCUT2D eigenvalue weighted by Gasteiger charge is 2.22. The molecule has 3 aromatic rings. The zero-order valence-electron chi connectivity index (χ0n) is 16.0. The predicted molar refractivity (Wildman–Crippen MR) is 109 cm³/mol. The molecule has 0 spiro atoms. The number of carbonyl (C=O) groups excluding carboxylic acids is 1. The van der Waals surface area contributed by atoms with Gasteiger partial charge in [0.2, 0.25) is 5.88 Å². The lowest BCUT2D eigenvalue weighted by Gasteiger charge is -2.20. The summed E-state index contributed by atoms with van der Waals surface area (Å²) in [4.78, 5) is 23.7. The van der Waals surface area contributed by atoms with E-state index in [9.17, 15) is 19.8 Å². The summed E-state index contributed by atoms with van der Waals surface area (Å²) in [5, 5.41) is 27.4. The van der Waals surface area contributed by atoms with E-state index in [-0.39, 0.29) is 24.0 Å². The number of hydrogen-bond donors (Lipinski definition) is 4. The zero-order valence-corrected chi connectivity index (χ0v) is 16.0. The summed E-state index contributed by atoms with van der Waals surface area (Å²) in [5.41, 5.74) is 3.30. The Morgan fingerprint density at radius 3 is 2.31 bits per heavy atom. The Morgan fingerprint density at radius 1 is 1.07 bits per heavy atom. The van der Waals surface area contributed by atoms with Crippen molar-refractivity contribution in [2.45, 2.75) is 25.8 Å². The van der Waals surface area contributed by atoms with Gasteiger partial charge in [-0.2, -0.15) is 0 Å². The van der Waals surface area contributed by atoms with E-state index in [1.54, 1.807) is 6.92 Å². The maximum atomic E-state index is 12.4. The average molecular weight is 393 g/mol. The van der Waals surface area contributed by atoms with Crippen LogP contribution < -0.4 is 5.32 Å². The third-order valence-electron chi connectivity index (χ3n) is 4.75. The van der Waals surface area contributed by atoms with Crippen LogP contribution in [0.4, 0.5) is 0 Å². The quantitative estimate of drug-likeness (QED) is 0.469. The molecule has 4 N–H and O–H groups in total. The number of aromatic hydroxyl groups is 1. The van der Waals surface area contributed by atoms with E-state index < -0.39 is 17.8 Å². The van der Waals surface area contributed by atoms with Crippen molar-refractivity contribution in [2.24, 2.45) is 5.92 Å². The van der Waals surface area contributed by atoms with Gasteiger partial charge in [0.25, 0.3) is 5.91 Å². The molecule has 0 bridgehead atoms. The van der Waals surface area contributed by atoms with Crippen molar-refractivity contribution in [3.8, 4) is 17.0 Å². The van der Waals surface area contributed by atoms with Gasteiger partial charge in [-0.3, -0.25) is 14.7 Å². The molecule has 29 heavy (non-hydrogen) atoms. The number of carboxylic acid groups (broad SMARTS) is 1. The molecule has 0 radical (unpaired) electrons. The standard InChI is InChI=1S/C22H23N3O4/c1-14(22(28)29)11-18(23-21(27)19-13-20(26)25-24-19)12-15-7-9-17(10-8-15)16-5-3-2-4-6-16/h2-10,13-14,18H,11-12H2,1H3,(H,23,27)(H,28,29)(H2,24,25,26)/t14-,18+/m1/s1. The van der Waals surface area contributed by atoms with Gasteiger partial charge < -0.3 is 15.5 Å². The van der Waals surface area contributed by atoms with Crippen molar-refractivity contribution < 1.29 is 19.8 Å². The highest BCUT2D eigenvalue weighted by atomic mass is 16.4. The van der Waals surface area contributed by atoms with E-state index >= 15 is 0 Å². The number of nitrogens with one attached hydrogen (secondary N) is 2. The maximum Gasteiger partial charge on any atom is 0.306 e. The topological polar surface area (TPSA) is 115 Å². The Bertz CT molecular complexity index is 967. The van der Waals surface area contributed by atoms with Crippen LogP contribution in [-0.4, -0.2) is 38.3 Å². The summed E-state index contributed by atoms with van der Waals surface area (Å²) in [5.74, 6) is -2.25. The van der Waals surface area contributed by atoms with Crippen LogP contribution in [-0.2, 0) is 11.2 Å². The van der Waals surface area contributed by atoms with Gasteiger partial charge >= 0.3 is 5.97 Å². The van der Waals surface area contributed by atoms with E-state index in [1.807, 2.05) is 54.6 Å². The molecule has 7 nitrogen and oxygen atoms in total. The fourth-order valence-electron chi connectivity index (χ4n) is 3.16. The van der Waals surface area contributed by atoms with Crippen LogP contribution in [0.25, 0.3) is 11.1 Å². The first-order chi connectivity index (χ1) is 13.9. The van der Waals surface area contributed by atoms with Crippen LogP contribution in [0.15, 0.2) is 60.7 Å². The molecule has 1 amide bonds. The van der Waals surface area contributed by atoms with E-state index in [0.717, 1.165) is 16.7 Å². The fraction of sp³-hybridized carbons (Fsp3) is 0.227. The van der Waals surface area contributed by atoms with Crippen LogP contribution in [0.3, 0.4) is 0 Å². The number of carbonyl (C=O) groups is 2. The molecule has 0 saturated carbocycles. The Labute approximate surface area is 168 Å². The number of carboxylic acids is 1. The van der Waals surface area contributed by atoms with Crippen LogP contribution in [0.5, 0.6) is 5.88 Å². The number of nitrogens with zero attached hydrogens (tertiary/aromatic N) is 1. The Kier molecular flexibility index (Phi) is 6.29. The predicted octanol–water partition coefficient (Wildman–Crippen LogP) is 3.23. The monoisotopic (exact) mass is 393 g/mol. The minimum absolute atomic E-state index is 0.120. The van der Waals surface area contributed by atoms with Gasteiger partial charge in [0.05, 0.1) is 5.92 Å². The van der Waals surface area contributed by atoms with E-state index in [2.05, 4.69) is 15.5 Å². The summed E-state index contributed by atoms with van der Waals surface area (Å²) >= 11 is 0. The van der Waals surface area contributed by atoms with Gasteiger partial charge in [-0.15, -0.1) is 5.10 Å². The first-order valence-corrected chi connectivity index (χ1v) is 9.35. The second kappa shape index (κ2) is 9.05. The first kappa shape index (κ1) is 20.1. The van der Waals surface area contributed by atoms with Crippen LogP contribution >= 0.6 is 0 Å². The first-order valence-electron chi connectivity index (χ1n) is 9.35. The van der Waals surface area contributed by atoms with Gasteiger partial charge in [0, 0.05) is 12.1 Å². The van der Waals surface area contributed by atoms with Crippen molar-refractivity contribution in [3.63, 3.8) is 0 Å². The summed E-state index contributed by atoms with van der Waals surface area (Å²) in [6, 6.07) is 18.8. The van der Waals surface area contributed by atoms with Gasteiger partial charge in [-0.25, -0.2) is 0 Å². The Balaban J connectivity index is 1.73.